The van der Waals surface area contributed by atoms with Crippen LogP contribution < -0.4 is 0 Å². The SMILES string of the molecule is O=CCC(F)(F)C(=O)OCC12CC3CC(CC(C3)C1)C2. The van der Waals surface area contributed by atoms with E-state index in [-0.39, 0.29) is 18.3 Å². The monoisotopic (exact) mass is 286 g/mol. The van der Waals surface area contributed by atoms with Crippen LogP contribution in [0.25, 0.3) is 0 Å². The summed E-state index contributed by atoms with van der Waals surface area (Å²) in [6, 6.07) is 0. The van der Waals surface area contributed by atoms with Gasteiger partial charge in [-0.3, -0.25) is 0 Å². The Labute approximate surface area is 117 Å². The van der Waals surface area contributed by atoms with Crippen molar-refractivity contribution in [2.45, 2.75) is 50.9 Å². The molecule has 0 atom stereocenters. The molecule has 0 aliphatic heterocycles. The lowest BCUT2D eigenvalue weighted by Crippen LogP contribution is -2.49. The minimum absolute atomic E-state index is 0.0615. The molecule has 5 heteroatoms. The molecule has 0 unspecified atom stereocenters. The lowest BCUT2D eigenvalue weighted by molar-refractivity contribution is -0.182. The molecule has 0 aromatic rings. The number of esters is 1. The van der Waals surface area contributed by atoms with Crippen LogP contribution in [0.3, 0.4) is 0 Å². The van der Waals surface area contributed by atoms with Crippen molar-refractivity contribution in [2.24, 2.45) is 23.2 Å². The van der Waals surface area contributed by atoms with Crippen LogP contribution in [0.1, 0.15) is 44.9 Å². The fourth-order valence-electron chi connectivity index (χ4n) is 4.98. The Kier molecular flexibility index (Phi) is 3.33. The van der Waals surface area contributed by atoms with Crippen molar-refractivity contribution in [3.8, 4) is 0 Å². The van der Waals surface area contributed by atoms with E-state index in [1.165, 1.54) is 19.3 Å². The van der Waals surface area contributed by atoms with Crippen LogP contribution in [-0.2, 0) is 14.3 Å². The maximum absolute atomic E-state index is 13.3. The van der Waals surface area contributed by atoms with Gasteiger partial charge in [0.2, 0.25) is 0 Å². The summed E-state index contributed by atoms with van der Waals surface area (Å²) >= 11 is 0. The largest absolute Gasteiger partial charge is 0.461 e. The molecule has 0 spiro atoms. The topological polar surface area (TPSA) is 43.4 Å². The Balaban J connectivity index is 1.61. The molecule has 0 aromatic heterocycles. The molecule has 0 radical (unpaired) electrons. The number of alkyl halides is 2. The summed E-state index contributed by atoms with van der Waals surface area (Å²) in [7, 11) is 0. The predicted octanol–water partition coefficient (Wildman–Crippen LogP) is 2.97. The average Bonchev–Trinajstić information content (AvgIpc) is 2.34. The van der Waals surface area contributed by atoms with E-state index in [1.54, 1.807) is 0 Å². The van der Waals surface area contributed by atoms with E-state index in [1.807, 2.05) is 0 Å². The molecule has 3 nitrogen and oxygen atoms in total. The number of ether oxygens (including phenoxy) is 1. The first-order chi connectivity index (χ1) is 9.42. The molecule has 4 aliphatic carbocycles. The summed E-state index contributed by atoms with van der Waals surface area (Å²) in [5.74, 6) is -3.15. The highest BCUT2D eigenvalue weighted by Crippen LogP contribution is 2.60. The first-order valence-electron chi connectivity index (χ1n) is 7.41. The summed E-state index contributed by atoms with van der Waals surface area (Å²) in [5.41, 5.74) is -0.0678. The van der Waals surface area contributed by atoms with Gasteiger partial charge in [-0.15, -0.1) is 0 Å². The van der Waals surface area contributed by atoms with Crippen molar-refractivity contribution in [1.82, 2.24) is 0 Å². The minimum atomic E-state index is -3.68. The van der Waals surface area contributed by atoms with Crippen molar-refractivity contribution in [2.75, 3.05) is 6.61 Å². The quantitative estimate of drug-likeness (QED) is 0.576. The second-order valence-electron chi connectivity index (χ2n) is 7.07. The predicted molar refractivity (Wildman–Crippen MR) is 67.2 cm³/mol. The van der Waals surface area contributed by atoms with Gasteiger partial charge in [-0.25, -0.2) is 4.79 Å². The van der Waals surface area contributed by atoms with Gasteiger partial charge >= 0.3 is 11.9 Å². The highest BCUT2D eigenvalue weighted by atomic mass is 19.3. The third-order valence-electron chi connectivity index (χ3n) is 5.31. The van der Waals surface area contributed by atoms with E-state index in [0.717, 1.165) is 19.3 Å². The molecule has 20 heavy (non-hydrogen) atoms. The third-order valence-corrected chi connectivity index (χ3v) is 5.31. The zero-order valence-electron chi connectivity index (χ0n) is 11.4. The van der Waals surface area contributed by atoms with Gasteiger partial charge in [0.25, 0.3) is 0 Å². The number of carbonyl (C=O) groups is 2. The molecule has 4 bridgehead atoms. The van der Waals surface area contributed by atoms with Gasteiger partial charge in [0.1, 0.15) is 6.29 Å². The Bertz CT molecular complexity index is 384. The first kappa shape index (κ1) is 14.0. The third kappa shape index (κ3) is 2.47. The molecular formula is C15H20F2O3. The molecular weight excluding hydrogens is 266 g/mol. The lowest BCUT2D eigenvalue weighted by atomic mass is 9.50. The molecule has 112 valence electrons. The van der Waals surface area contributed by atoms with Crippen LogP contribution >= 0.6 is 0 Å². The fourth-order valence-corrected chi connectivity index (χ4v) is 4.98. The second-order valence-corrected chi connectivity index (χ2v) is 7.07. The van der Waals surface area contributed by atoms with E-state index in [4.69, 9.17) is 4.74 Å². The standard InChI is InChI=1S/C15H20F2O3/c16-15(17,1-2-18)13(19)20-9-14-6-10-3-11(7-14)5-12(4-10)8-14/h2,10-12H,1,3-9H2. The number of rotatable bonds is 5. The smallest absolute Gasteiger partial charge is 0.377 e. The first-order valence-corrected chi connectivity index (χ1v) is 7.41. The van der Waals surface area contributed by atoms with Crippen molar-refractivity contribution in [3.05, 3.63) is 0 Å². The van der Waals surface area contributed by atoms with Crippen LogP contribution in [-0.4, -0.2) is 24.8 Å². The van der Waals surface area contributed by atoms with E-state index >= 15 is 0 Å². The van der Waals surface area contributed by atoms with E-state index < -0.39 is 18.3 Å². The lowest BCUT2D eigenvalue weighted by Gasteiger charge is -2.56. The van der Waals surface area contributed by atoms with Gasteiger partial charge in [0.15, 0.2) is 0 Å². The van der Waals surface area contributed by atoms with Crippen LogP contribution in [0.5, 0.6) is 0 Å². The minimum Gasteiger partial charge on any atom is -0.461 e. The normalized spacial score (nSPS) is 38.8. The second kappa shape index (κ2) is 4.78. The molecule has 0 saturated heterocycles. The van der Waals surface area contributed by atoms with Crippen LogP contribution in [0.4, 0.5) is 8.78 Å². The van der Waals surface area contributed by atoms with Crippen molar-refractivity contribution in [3.63, 3.8) is 0 Å². The maximum atomic E-state index is 13.3. The molecule has 0 amide bonds. The van der Waals surface area contributed by atoms with Crippen molar-refractivity contribution >= 4 is 12.3 Å². The summed E-state index contributed by atoms with van der Waals surface area (Å²) in [5, 5.41) is 0. The zero-order valence-corrected chi connectivity index (χ0v) is 11.4. The summed E-state index contributed by atoms with van der Waals surface area (Å²) in [6.07, 6.45) is 5.76. The van der Waals surface area contributed by atoms with Gasteiger partial charge in [-0.05, 0) is 56.3 Å². The van der Waals surface area contributed by atoms with Gasteiger partial charge in [0.05, 0.1) is 13.0 Å². The number of carbonyl (C=O) groups excluding carboxylic acids is 2. The van der Waals surface area contributed by atoms with Gasteiger partial charge in [-0.2, -0.15) is 8.78 Å². The average molecular weight is 286 g/mol. The maximum Gasteiger partial charge on any atom is 0.377 e. The molecule has 0 aromatic carbocycles. The number of hydrogen-bond donors (Lipinski definition) is 0. The number of hydrogen-bond acceptors (Lipinski definition) is 3. The summed E-state index contributed by atoms with van der Waals surface area (Å²) < 4.78 is 31.4. The van der Waals surface area contributed by atoms with E-state index in [0.29, 0.717) is 17.8 Å². The summed E-state index contributed by atoms with van der Waals surface area (Å²) in [6.45, 7) is 0.101. The van der Waals surface area contributed by atoms with E-state index in [9.17, 15) is 18.4 Å². The molecule has 4 rings (SSSR count). The van der Waals surface area contributed by atoms with Gasteiger partial charge < -0.3 is 9.53 Å². The van der Waals surface area contributed by atoms with Crippen LogP contribution in [0, 0.1) is 23.2 Å². The molecule has 4 aliphatic rings. The molecule has 4 saturated carbocycles. The zero-order chi connectivity index (χ0) is 14.4. The van der Waals surface area contributed by atoms with Crippen molar-refractivity contribution < 1.29 is 23.1 Å². The van der Waals surface area contributed by atoms with Gasteiger partial charge in [-0.1, -0.05) is 0 Å². The Morgan fingerprint density at radius 1 is 1.15 bits per heavy atom. The number of halogens is 2. The fraction of sp³-hybridized carbons (Fsp3) is 0.867. The van der Waals surface area contributed by atoms with E-state index in [2.05, 4.69) is 0 Å². The van der Waals surface area contributed by atoms with Crippen molar-refractivity contribution in [1.29, 1.82) is 0 Å². The highest BCUT2D eigenvalue weighted by Gasteiger charge is 2.52. The molecule has 0 N–H and O–H groups in total. The highest BCUT2D eigenvalue weighted by molar-refractivity contribution is 5.80. The Hall–Kier alpha value is -1.00. The Morgan fingerprint density at radius 3 is 2.10 bits per heavy atom. The molecule has 4 fully saturated rings. The Morgan fingerprint density at radius 2 is 1.65 bits per heavy atom. The summed E-state index contributed by atoms with van der Waals surface area (Å²) in [4.78, 5) is 21.6. The van der Waals surface area contributed by atoms with Gasteiger partial charge in [0, 0.05) is 5.41 Å². The van der Waals surface area contributed by atoms with Crippen LogP contribution in [0.15, 0.2) is 0 Å². The molecule has 0 heterocycles. The van der Waals surface area contributed by atoms with Crippen LogP contribution in [0.2, 0.25) is 0 Å². The number of aldehydes is 1.